The molecule has 0 fully saturated rings. The van der Waals surface area contributed by atoms with Gasteiger partial charge in [-0.05, 0) is 25.5 Å². The topological polar surface area (TPSA) is 123 Å². The summed E-state index contributed by atoms with van der Waals surface area (Å²) < 4.78 is 26.7. The molecule has 134 valence electrons. The summed E-state index contributed by atoms with van der Waals surface area (Å²) in [5, 5.41) is 7.95. The Morgan fingerprint density at radius 3 is 2.36 bits per heavy atom. The van der Waals surface area contributed by atoms with E-state index in [0.29, 0.717) is 5.56 Å². The maximum atomic E-state index is 11.9. The maximum Gasteiger partial charge on any atom is 0.323 e. The molecule has 1 aromatic heterocycles. The van der Waals surface area contributed by atoms with Crippen molar-refractivity contribution in [1.29, 1.82) is 0 Å². The highest BCUT2D eigenvalue weighted by Crippen LogP contribution is 2.40. The first kappa shape index (κ1) is 18.9. The number of ether oxygens (including phenoxy) is 1. The second kappa shape index (κ2) is 7.20. The fourth-order valence-electron chi connectivity index (χ4n) is 2.83. The fraction of sp³-hybridized carbons (Fsp3) is 0.294. The van der Waals surface area contributed by atoms with Crippen LogP contribution in [0.1, 0.15) is 23.7 Å². The van der Waals surface area contributed by atoms with E-state index in [0.717, 1.165) is 5.56 Å². The van der Waals surface area contributed by atoms with Crippen molar-refractivity contribution < 1.29 is 23.4 Å². The van der Waals surface area contributed by atoms with Crippen LogP contribution in [0.4, 0.5) is 5.69 Å². The van der Waals surface area contributed by atoms with Crippen molar-refractivity contribution in [2.24, 2.45) is 0 Å². The number of benzene rings is 1. The average molecular weight is 364 g/mol. The highest BCUT2D eigenvalue weighted by molar-refractivity contribution is 7.80. The molecule has 0 saturated carbocycles. The van der Waals surface area contributed by atoms with Gasteiger partial charge in [0.15, 0.2) is 16.3 Å². The van der Waals surface area contributed by atoms with Gasteiger partial charge < -0.3 is 20.1 Å². The molecular formula is C17H20N2O5S. The molecule has 3 unspecified atom stereocenters. The van der Waals surface area contributed by atoms with Gasteiger partial charge in [0.25, 0.3) is 0 Å². The van der Waals surface area contributed by atoms with Gasteiger partial charge >= 0.3 is 5.97 Å². The Balaban J connectivity index is 2.83. The van der Waals surface area contributed by atoms with Crippen molar-refractivity contribution in [1.82, 2.24) is 4.98 Å². The van der Waals surface area contributed by atoms with Gasteiger partial charge in [0.1, 0.15) is 0 Å². The van der Waals surface area contributed by atoms with Gasteiger partial charge in [-0.1, -0.05) is 29.8 Å². The molecule has 0 aliphatic carbocycles. The number of carboxylic acid groups (broad SMARTS) is 1. The van der Waals surface area contributed by atoms with E-state index in [-0.39, 0.29) is 17.3 Å². The Hall–Kier alpha value is -2.45. The van der Waals surface area contributed by atoms with Crippen LogP contribution in [-0.2, 0) is 21.3 Å². The van der Waals surface area contributed by atoms with Gasteiger partial charge in [-0.3, -0.25) is 4.79 Å². The number of rotatable bonds is 6. The number of pyridine rings is 1. The van der Waals surface area contributed by atoms with Crippen molar-refractivity contribution in [2.45, 2.75) is 24.5 Å². The minimum Gasteiger partial charge on any atom is -0.481 e. The number of aliphatic carboxylic acids is 1. The number of methoxy groups -OCH3 is 1. The summed E-state index contributed by atoms with van der Waals surface area (Å²) in [6.07, 6.45) is 0. The SMILES string of the molecule is COc1ccc(N)c(C(C)(c2ccc(C)cc2)C(C(=O)O)S(=O)O)n1. The lowest BCUT2D eigenvalue weighted by Gasteiger charge is -2.34. The number of nitrogen functional groups attached to an aromatic ring is 1. The smallest absolute Gasteiger partial charge is 0.323 e. The number of aromatic nitrogens is 1. The van der Waals surface area contributed by atoms with E-state index in [1.807, 2.05) is 6.92 Å². The normalized spacial score (nSPS) is 15.8. The second-order valence-electron chi connectivity index (χ2n) is 5.85. The van der Waals surface area contributed by atoms with Gasteiger partial charge in [-0.15, -0.1) is 0 Å². The molecule has 0 aliphatic rings. The molecule has 0 amide bonds. The van der Waals surface area contributed by atoms with Crippen LogP contribution in [0.5, 0.6) is 5.88 Å². The predicted molar refractivity (Wildman–Crippen MR) is 95.0 cm³/mol. The Morgan fingerprint density at radius 1 is 1.28 bits per heavy atom. The Kier molecular flexibility index (Phi) is 5.44. The van der Waals surface area contributed by atoms with Gasteiger partial charge in [0.2, 0.25) is 5.88 Å². The lowest BCUT2D eigenvalue weighted by molar-refractivity contribution is -0.137. The molecule has 0 bridgehead atoms. The van der Waals surface area contributed by atoms with Gasteiger partial charge in [-0.25, -0.2) is 9.19 Å². The van der Waals surface area contributed by atoms with E-state index < -0.39 is 27.7 Å². The summed E-state index contributed by atoms with van der Waals surface area (Å²) >= 11 is -2.66. The molecule has 2 rings (SSSR count). The molecule has 2 aromatic rings. The lowest BCUT2D eigenvalue weighted by atomic mass is 9.75. The first-order valence-electron chi connectivity index (χ1n) is 7.42. The number of aryl methyl sites for hydroxylation is 1. The Bertz CT molecular complexity index is 795. The standard InChI is InChI=1S/C17H20N2O5S/c1-10-4-6-11(7-5-10)17(2,15(16(20)21)25(22)23)14-12(18)8-9-13(19-14)24-3/h4-9,15H,18H2,1-3H3,(H,20,21)(H,22,23). The number of carboxylic acids is 1. The van der Waals surface area contributed by atoms with Crippen LogP contribution in [0.2, 0.25) is 0 Å². The van der Waals surface area contributed by atoms with Gasteiger partial charge in [0.05, 0.1) is 23.9 Å². The van der Waals surface area contributed by atoms with Crippen LogP contribution in [0.15, 0.2) is 36.4 Å². The average Bonchev–Trinajstić information content (AvgIpc) is 2.55. The number of nitrogens with two attached hydrogens (primary N) is 1. The first-order valence-corrected chi connectivity index (χ1v) is 8.59. The Labute approximate surface area is 148 Å². The molecule has 0 saturated heterocycles. The monoisotopic (exact) mass is 364 g/mol. The predicted octanol–water partition coefficient (Wildman–Crippen LogP) is 1.96. The molecule has 7 nitrogen and oxygen atoms in total. The minimum atomic E-state index is -2.66. The van der Waals surface area contributed by atoms with E-state index in [4.69, 9.17) is 10.5 Å². The third-order valence-corrected chi connectivity index (χ3v) is 5.28. The number of anilines is 1. The third kappa shape index (κ3) is 3.49. The molecule has 0 aliphatic heterocycles. The lowest BCUT2D eigenvalue weighted by Crippen LogP contribution is -2.47. The molecule has 3 atom stereocenters. The highest BCUT2D eigenvalue weighted by atomic mass is 32.2. The molecular weight excluding hydrogens is 344 g/mol. The summed E-state index contributed by atoms with van der Waals surface area (Å²) in [5.74, 6) is -1.19. The van der Waals surface area contributed by atoms with Crippen molar-refractivity contribution in [3.05, 3.63) is 53.2 Å². The van der Waals surface area contributed by atoms with Crippen LogP contribution < -0.4 is 10.5 Å². The van der Waals surface area contributed by atoms with E-state index in [2.05, 4.69) is 4.98 Å². The van der Waals surface area contributed by atoms with Crippen molar-refractivity contribution >= 4 is 22.7 Å². The summed E-state index contributed by atoms with van der Waals surface area (Å²) in [6.45, 7) is 3.43. The molecule has 0 radical (unpaired) electrons. The van der Waals surface area contributed by atoms with Crippen molar-refractivity contribution in [3.63, 3.8) is 0 Å². The molecule has 0 spiro atoms. The van der Waals surface area contributed by atoms with E-state index in [1.165, 1.54) is 13.2 Å². The Morgan fingerprint density at radius 2 is 1.88 bits per heavy atom. The van der Waals surface area contributed by atoms with Crippen LogP contribution in [0.3, 0.4) is 0 Å². The maximum absolute atomic E-state index is 11.9. The van der Waals surface area contributed by atoms with Crippen LogP contribution in [0.25, 0.3) is 0 Å². The van der Waals surface area contributed by atoms with Crippen LogP contribution >= 0.6 is 0 Å². The molecule has 1 aromatic carbocycles. The van der Waals surface area contributed by atoms with Gasteiger partial charge in [0, 0.05) is 6.07 Å². The van der Waals surface area contributed by atoms with Gasteiger partial charge in [-0.2, -0.15) is 0 Å². The van der Waals surface area contributed by atoms with Crippen LogP contribution in [0, 0.1) is 6.92 Å². The summed E-state index contributed by atoms with van der Waals surface area (Å²) in [7, 11) is 1.42. The zero-order valence-electron chi connectivity index (χ0n) is 14.1. The quantitative estimate of drug-likeness (QED) is 0.670. The largest absolute Gasteiger partial charge is 0.481 e. The first-order chi connectivity index (χ1) is 11.7. The van der Waals surface area contributed by atoms with Crippen molar-refractivity contribution in [3.8, 4) is 5.88 Å². The van der Waals surface area contributed by atoms with E-state index in [1.54, 1.807) is 37.3 Å². The number of hydrogen-bond donors (Lipinski definition) is 3. The molecule has 1 heterocycles. The zero-order chi connectivity index (χ0) is 18.8. The molecule has 8 heteroatoms. The van der Waals surface area contributed by atoms with Crippen molar-refractivity contribution in [2.75, 3.05) is 12.8 Å². The molecule has 25 heavy (non-hydrogen) atoms. The second-order valence-corrected chi connectivity index (χ2v) is 6.88. The van der Waals surface area contributed by atoms with E-state index in [9.17, 15) is 18.7 Å². The zero-order valence-corrected chi connectivity index (χ0v) is 14.9. The van der Waals surface area contributed by atoms with E-state index >= 15 is 0 Å². The highest BCUT2D eigenvalue weighted by Gasteiger charge is 2.48. The number of hydrogen-bond acceptors (Lipinski definition) is 5. The summed E-state index contributed by atoms with van der Waals surface area (Å²) in [6, 6.07) is 10.1. The summed E-state index contributed by atoms with van der Waals surface area (Å²) in [5.41, 5.74) is 6.46. The fourth-order valence-corrected chi connectivity index (χ4v) is 3.65. The van der Waals surface area contributed by atoms with Crippen LogP contribution in [-0.4, -0.2) is 37.2 Å². The third-order valence-electron chi connectivity index (χ3n) is 4.20. The number of nitrogens with zero attached hydrogens (tertiary/aromatic N) is 1. The summed E-state index contributed by atoms with van der Waals surface area (Å²) in [4.78, 5) is 16.1. The minimum absolute atomic E-state index is 0.172. The molecule has 4 N–H and O–H groups in total. The number of carbonyl (C=O) groups is 1.